The minimum Gasteiger partial charge on any atom is -0.465 e. The Kier molecular flexibility index (Phi) is 4.16. The molecule has 0 amide bonds. The van der Waals surface area contributed by atoms with Crippen molar-refractivity contribution in [2.75, 3.05) is 12.4 Å². The van der Waals surface area contributed by atoms with E-state index in [1.807, 2.05) is 0 Å². The zero-order valence-electron chi connectivity index (χ0n) is 12.5. The van der Waals surface area contributed by atoms with E-state index in [1.54, 1.807) is 0 Å². The maximum atomic E-state index is 11.6. The number of hydrogen-bond acceptors (Lipinski definition) is 5. The van der Waals surface area contributed by atoms with Crippen LogP contribution in [0.2, 0.25) is 0 Å². The number of nitro benzene ring substituents is 1. The average Bonchev–Trinajstić information content (AvgIpc) is 2.76. The highest BCUT2D eigenvalue weighted by atomic mass is 16.6. The SMILES string of the molecule is COC(=O)c1ccc([N+](=O)[O-])c(NC2CCCC2(C)C)c1. The molecule has 0 spiro atoms. The quantitative estimate of drug-likeness (QED) is 0.522. The van der Waals surface area contributed by atoms with Gasteiger partial charge >= 0.3 is 5.97 Å². The third-order valence-electron chi connectivity index (χ3n) is 4.20. The number of carbonyl (C=O) groups excluding carboxylic acids is 1. The minimum atomic E-state index is -0.501. The normalized spacial score (nSPS) is 20.0. The second-order valence-electron chi connectivity index (χ2n) is 6.06. The Morgan fingerprint density at radius 2 is 2.19 bits per heavy atom. The number of nitro groups is 1. The van der Waals surface area contributed by atoms with Crippen LogP contribution in [0.15, 0.2) is 18.2 Å². The maximum absolute atomic E-state index is 11.6. The van der Waals surface area contributed by atoms with Gasteiger partial charge in [-0.15, -0.1) is 0 Å². The summed E-state index contributed by atoms with van der Waals surface area (Å²) >= 11 is 0. The van der Waals surface area contributed by atoms with Crippen LogP contribution in [-0.2, 0) is 4.74 Å². The number of anilines is 1. The van der Waals surface area contributed by atoms with Crippen molar-refractivity contribution in [1.82, 2.24) is 0 Å². The molecule has 1 unspecified atom stereocenters. The van der Waals surface area contributed by atoms with Gasteiger partial charge in [-0.2, -0.15) is 0 Å². The van der Waals surface area contributed by atoms with Crippen LogP contribution in [0.3, 0.4) is 0 Å². The van der Waals surface area contributed by atoms with Crippen LogP contribution < -0.4 is 5.32 Å². The number of nitrogens with zero attached hydrogens (tertiary/aromatic N) is 1. The number of carbonyl (C=O) groups is 1. The van der Waals surface area contributed by atoms with Crippen molar-refractivity contribution in [2.45, 2.75) is 39.2 Å². The summed E-state index contributed by atoms with van der Waals surface area (Å²) in [7, 11) is 1.29. The van der Waals surface area contributed by atoms with Crippen LogP contribution >= 0.6 is 0 Å². The molecule has 6 nitrogen and oxygen atoms in total. The van der Waals surface area contributed by atoms with Gasteiger partial charge in [-0.25, -0.2) is 4.79 Å². The molecule has 0 radical (unpaired) electrons. The Labute approximate surface area is 123 Å². The van der Waals surface area contributed by atoms with E-state index in [9.17, 15) is 14.9 Å². The number of benzene rings is 1. The Morgan fingerprint density at radius 3 is 2.71 bits per heavy atom. The minimum absolute atomic E-state index is 0.0228. The lowest BCUT2D eigenvalue weighted by atomic mass is 9.87. The third-order valence-corrected chi connectivity index (χ3v) is 4.20. The Balaban J connectivity index is 2.35. The monoisotopic (exact) mass is 292 g/mol. The van der Waals surface area contributed by atoms with E-state index in [0.717, 1.165) is 19.3 Å². The Morgan fingerprint density at radius 1 is 1.48 bits per heavy atom. The van der Waals surface area contributed by atoms with Crippen LogP contribution in [0.4, 0.5) is 11.4 Å². The largest absolute Gasteiger partial charge is 0.465 e. The topological polar surface area (TPSA) is 81.5 Å². The van der Waals surface area contributed by atoms with Crippen molar-refractivity contribution in [3.05, 3.63) is 33.9 Å². The average molecular weight is 292 g/mol. The van der Waals surface area contributed by atoms with Gasteiger partial charge in [0.15, 0.2) is 0 Å². The Bertz CT molecular complexity index is 569. The second-order valence-corrected chi connectivity index (χ2v) is 6.06. The molecule has 2 rings (SSSR count). The first-order valence-electron chi connectivity index (χ1n) is 6.98. The zero-order chi connectivity index (χ0) is 15.6. The molecule has 1 fully saturated rings. The summed E-state index contributed by atoms with van der Waals surface area (Å²) in [6.45, 7) is 4.29. The smallest absolute Gasteiger partial charge is 0.337 e. The molecule has 0 aliphatic heterocycles. The number of nitrogens with one attached hydrogen (secondary N) is 1. The highest BCUT2D eigenvalue weighted by molar-refractivity contribution is 5.91. The molecule has 0 saturated heterocycles. The summed E-state index contributed by atoms with van der Waals surface area (Å²) in [6.07, 6.45) is 3.14. The molecule has 1 N–H and O–H groups in total. The van der Waals surface area contributed by atoms with Crippen molar-refractivity contribution in [2.24, 2.45) is 5.41 Å². The summed E-state index contributed by atoms with van der Waals surface area (Å²) in [5.74, 6) is -0.501. The van der Waals surface area contributed by atoms with Gasteiger partial charge in [0.05, 0.1) is 17.6 Å². The van der Waals surface area contributed by atoms with Crippen LogP contribution in [-0.4, -0.2) is 24.0 Å². The van der Waals surface area contributed by atoms with E-state index in [1.165, 1.54) is 25.3 Å². The van der Waals surface area contributed by atoms with Gasteiger partial charge in [-0.3, -0.25) is 10.1 Å². The molecule has 1 aliphatic rings. The standard InChI is InChI=1S/C15H20N2O4/c1-15(2)8-4-5-13(15)16-11-9-10(14(18)21-3)6-7-12(11)17(19)20/h6-7,9,13,16H,4-5,8H2,1-3H3. The highest BCUT2D eigenvalue weighted by Gasteiger charge is 2.35. The van der Waals surface area contributed by atoms with E-state index >= 15 is 0 Å². The van der Waals surface area contributed by atoms with Gasteiger partial charge in [-0.05, 0) is 30.4 Å². The second kappa shape index (κ2) is 5.71. The lowest BCUT2D eigenvalue weighted by molar-refractivity contribution is -0.384. The molecule has 6 heteroatoms. The molecular formula is C15H20N2O4. The molecule has 114 valence electrons. The fourth-order valence-electron chi connectivity index (χ4n) is 2.84. The fraction of sp³-hybridized carbons (Fsp3) is 0.533. The van der Waals surface area contributed by atoms with Gasteiger partial charge in [0, 0.05) is 12.1 Å². The number of ether oxygens (including phenoxy) is 1. The number of hydrogen-bond donors (Lipinski definition) is 1. The van der Waals surface area contributed by atoms with E-state index in [0.29, 0.717) is 11.3 Å². The van der Waals surface area contributed by atoms with Crippen molar-refractivity contribution in [3.8, 4) is 0 Å². The molecule has 21 heavy (non-hydrogen) atoms. The van der Waals surface area contributed by atoms with Crippen LogP contribution in [0, 0.1) is 15.5 Å². The summed E-state index contributed by atoms with van der Waals surface area (Å²) in [4.78, 5) is 22.3. The zero-order valence-corrected chi connectivity index (χ0v) is 12.5. The molecule has 1 aliphatic carbocycles. The summed E-state index contributed by atoms with van der Waals surface area (Å²) in [6, 6.07) is 4.41. The summed E-state index contributed by atoms with van der Waals surface area (Å²) in [5.41, 5.74) is 0.740. The molecule has 0 heterocycles. The van der Waals surface area contributed by atoms with Crippen molar-refractivity contribution in [1.29, 1.82) is 0 Å². The van der Waals surface area contributed by atoms with Crippen LogP contribution in [0.5, 0.6) is 0 Å². The van der Waals surface area contributed by atoms with Gasteiger partial charge in [0.1, 0.15) is 5.69 Å². The number of esters is 1. The van der Waals surface area contributed by atoms with Crippen LogP contribution in [0.1, 0.15) is 43.5 Å². The van der Waals surface area contributed by atoms with E-state index in [4.69, 9.17) is 0 Å². The van der Waals surface area contributed by atoms with Crippen molar-refractivity contribution in [3.63, 3.8) is 0 Å². The predicted molar refractivity (Wildman–Crippen MR) is 79.5 cm³/mol. The highest BCUT2D eigenvalue weighted by Crippen LogP contribution is 2.40. The molecule has 1 atom stereocenters. The Hall–Kier alpha value is -2.11. The van der Waals surface area contributed by atoms with Gasteiger partial charge in [0.2, 0.25) is 0 Å². The van der Waals surface area contributed by atoms with Gasteiger partial charge < -0.3 is 10.1 Å². The van der Waals surface area contributed by atoms with Gasteiger partial charge in [-0.1, -0.05) is 20.3 Å². The molecule has 0 aromatic heterocycles. The van der Waals surface area contributed by atoms with Gasteiger partial charge in [0.25, 0.3) is 5.69 Å². The summed E-state index contributed by atoms with van der Waals surface area (Å²) in [5, 5.41) is 14.4. The molecule has 1 aromatic rings. The first kappa shape index (κ1) is 15.3. The molecule has 1 saturated carbocycles. The molecule has 1 aromatic carbocycles. The predicted octanol–water partition coefficient (Wildman–Crippen LogP) is 3.37. The maximum Gasteiger partial charge on any atom is 0.337 e. The first-order chi connectivity index (χ1) is 9.85. The first-order valence-corrected chi connectivity index (χ1v) is 6.98. The molecular weight excluding hydrogens is 272 g/mol. The number of rotatable bonds is 4. The van der Waals surface area contributed by atoms with E-state index in [-0.39, 0.29) is 17.1 Å². The number of methoxy groups -OCH3 is 1. The fourth-order valence-corrected chi connectivity index (χ4v) is 2.84. The van der Waals surface area contributed by atoms with E-state index < -0.39 is 10.9 Å². The summed E-state index contributed by atoms with van der Waals surface area (Å²) < 4.78 is 4.67. The van der Waals surface area contributed by atoms with Crippen molar-refractivity contribution < 1.29 is 14.5 Å². The van der Waals surface area contributed by atoms with Crippen molar-refractivity contribution >= 4 is 17.3 Å². The van der Waals surface area contributed by atoms with E-state index in [2.05, 4.69) is 23.9 Å². The molecule has 0 bridgehead atoms. The third kappa shape index (κ3) is 3.15. The lowest BCUT2D eigenvalue weighted by Gasteiger charge is -2.28. The van der Waals surface area contributed by atoms with Crippen LogP contribution in [0.25, 0.3) is 0 Å². The lowest BCUT2D eigenvalue weighted by Crippen LogP contribution is -2.31.